The maximum atomic E-state index is 12.2. The molecule has 110 valence electrons. The van der Waals surface area contributed by atoms with Gasteiger partial charge in [0.05, 0.1) is 7.11 Å². The summed E-state index contributed by atoms with van der Waals surface area (Å²) < 4.78 is 5.22. The summed E-state index contributed by atoms with van der Waals surface area (Å²) in [5, 5.41) is 11.9. The molecule has 2 aromatic carbocycles. The topological polar surface area (TPSA) is 62.1 Å². The highest BCUT2D eigenvalue weighted by Gasteiger charge is 2.10. The van der Waals surface area contributed by atoms with Crippen molar-refractivity contribution < 1.29 is 9.53 Å². The summed E-state index contributed by atoms with van der Waals surface area (Å²) in [6.07, 6.45) is 1.52. The van der Waals surface area contributed by atoms with Gasteiger partial charge >= 0.3 is 0 Å². The van der Waals surface area contributed by atoms with E-state index in [0.29, 0.717) is 17.0 Å². The van der Waals surface area contributed by atoms with Crippen LogP contribution in [0.2, 0.25) is 0 Å². The van der Waals surface area contributed by atoms with Crippen LogP contribution in [0.1, 0.15) is 11.1 Å². The van der Waals surface area contributed by atoms with Gasteiger partial charge in [-0.15, -0.1) is 0 Å². The van der Waals surface area contributed by atoms with E-state index in [1.54, 1.807) is 31.4 Å². The van der Waals surface area contributed by atoms with E-state index < -0.39 is 5.91 Å². The Bertz CT molecular complexity index is 740. The molecule has 0 unspecified atom stereocenters. The van der Waals surface area contributed by atoms with Crippen LogP contribution >= 0.6 is 0 Å². The number of carbonyl (C=O) groups excluding carboxylic acids is 1. The van der Waals surface area contributed by atoms with Crippen LogP contribution in [-0.2, 0) is 4.79 Å². The van der Waals surface area contributed by atoms with Gasteiger partial charge in [0.1, 0.15) is 17.4 Å². The number of rotatable bonds is 4. The summed E-state index contributed by atoms with van der Waals surface area (Å²) in [4.78, 5) is 12.2. The highest BCUT2D eigenvalue weighted by atomic mass is 16.5. The van der Waals surface area contributed by atoms with Crippen LogP contribution in [-0.4, -0.2) is 13.0 Å². The van der Waals surface area contributed by atoms with E-state index in [9.17, 15) is 10.1 Å². The van der Waals surface area contributed by atoms with Crippen LogP contribution in [0.4, 0.5) is 5.69 Å². The SMILES string of the molecule is COc1ccccc1/C=C(\C#N)C(=O)Nc1ccc(C)cc1. The molecule has 4 nitrogen and oxygen atoms in total. The van der Waals surface area contributed by atoms with Crippen molar-refractivity contribution in [3.05, 3.63) is 65.2 Å². The minimum Gasteiger partial charge on any atom is -0.496 e. The fourth-order valence-electron chi connectivity index (χ4n) is 1.93. The van der Waals surface area contributed by atoms with Crippen molar-refractivity contribution in [1.82, 2.24) is 0 Å². The Hall–Kier alpha value is -3.06. The number of hydrogen-bond donors (Lipinski definition) is 1. The number of nitrogens with zero attached hydrogens (tertiary/aromatic N) is 1. The summed E-state index contributed by atoms with van der Waals surface area (Å²) in [5.41, 5.74) is 2.45. The monoisotopic (exact) mass is 292 g/mol. The number of methoxy groups -OCH3 is 1. The summed E-state index contributed by atoms with van der Waals surface area (Å²) in [6.45, 7) is 1.97. The molecule has 0 spiro atoms. The number of hydrogen-bond acceptors (Lipinski definition) is 3. The first kappa shape index (κ1) is 15.3. The molecule has 0 aliphatic rings. The molecule has 0 heterocycles. The zero-order valence-electron chi connectivity index (χ0n) is 12.5. The Morgan fingerprint density at radius 1 is 1.18 bits per heavy atom. The molecule has 0 saturated heterocycles. The summed E-state index contributed by atoms with van der Waals surface area (Å²) >= 11 is 0. The van der Waals surface area contributed by atoms with Gasteiger partial charge in [0.2, 0.25) is 0 Å². The van der Waals surface area contributed by atoms with Crippen molar-refractivity contribution in [2.45, 2.75) is 6.92 Å². The number of ether oxygens (including phenoxy) is 1. The highest BCUT2D eigenvalue weighted by molar-refractivity contribution is 6.09. The van der Waals surface area contributed by atoms with Gasteiger partial charge in [-0.25, -0.2) is 0 Å². The lowest BCUT2D eigenvalue weighted by Crippen LogP contribution is -2.13. The van der Waals surface area contributed by atoms with E-state index in [-0.39, 0.29) is 5.57 Å². The van der Waals surface area contributed by atoms with Crippen molar-refractivity contribution in [2.75, 3.05) is 12.4 Å². The van der Waals surface area contributed by atoms with E-state index in [2.05, 4.69) is 5.32 Å². The predicted molar refractivity (Wildman–Crippen MR) is 86.4 cm³/mol. The maximum Gasteiger partial charge on any atom is 0.266 e. The first-order valence-corrected chi connectivity index (χ1v) is 6.77. The van der Waals surface area contributed by atoms with Crippen molar-refractivity contribution >= 4 is 17.7 Å². The first-order chi connectivity index (χ1) is 10.6. The van der Waals surface area contributed by atoms with Crippen molar-refractivity contribution in [3.8, 4) is 11.8 Å². The fraction of sp³-hybridized carbons (Fsp3) is 0.111. The molecule has 2 rings (SSSR count). The van der Waals surface area contributed by atoms with Gasteiger partial charge in [0.25, 0.3) is 5.91 Å². The molecule has 0 bridgehead atoms. The molecule has 0 aromatic heterocycles. The number of nitriles is 1. The highest BCUT2D eigenvalue weighted by Crippen LogP contribution is 2.21. The largest absolute Gasteiger partial charge is 0.496 e. The van der Waals surface area contributed by atoms with Crippen LogP contribution < -0.4 is 10.1 Å². The van der Waals surface area contributed by atoms with E-state index in [4.69, 9.17) is 4.74 Å². The molecule has 0 saturated carbocycles. The fourth-order valence-corrected chi connectivity index (χ4v) is 1.93. The second-order valence-corrected chi connectivity index (χ2v) is 4.73. The normalized spacial score (nSPS) is 10.7. The number of carbonyl (C=O) groups is 1. The molecular weight excluding hydrogens is 276 g/mol. The predicted octanol–water partition coefficient (Wildman–Crippen LogP) is 3.55. The minimum absolute atomic E-state index is 0.0186. The van der Waals surface area contributed by atoms with Gasteiger partial charge < -0.3 is 10.1 Å². The van der Waals surface area contributed by atoms with Crippen molar-refractivity contribution in [2.24, 2.45) is 0 Å². The van der Waals surface area contributed by atoms with E-state index >= 15 is 0 Å². The molecule has 2 aromatic rings. The number of amides is 1. The lowest BCUT2D eigenvalue weighted by Gasteiger charge is -2.06. The third-order valence-corrected chi connectivity index (χ3v) is 3.11. The van der Waals surface area contributed by atoms with E-state index in [1.807, 2.05) is 37.3 Å². The number of anilines is 1. The smallest absolute Gasteiger partial charge is 0.266 e. The number of aryl methyl sites for hydroxylation is 1. The van der Waals surface area contributed by atoms with Gasteiger partial charge in [-0.1, -0.05) is 35.9 Å². The van der Waals surface area contributed by atoms with Crippen LogP contribution in [0.5, 0.6) is 5.75 Å². The van der Waals surface area contributed by atoms with Gasteiger partial charge in [-0.2, -0.15) is 5.26 Å². The summed E-state index contributed by atoms with van der Waals surface area (Å²) in [5.74, 6) is 0.163. The Kier molecular flexibility index (Phi) is 4.94. The summed E-state index contributed by atoms with van der Waals surface area (Å²) in [6, 6.07) is 16.5. The molecular formula is C18H16N2O2. The lowest BCUT2D eigenvalue weighted by atomic mass is 10.1. The van der Waals surface area contributed by atoms with E-state index in [1.165, 1.54) is 6.08 Å². The standard InChI is InChI=1S/C18H16N2O2/c1-13-7-9-16(10-8-13)20-18(21)15(12-19)11-14-5-3-4-6-17(14)22-2/h3-11H,1-2H3,(H,20,21)/b15-11+. The Labute approximate surface area is 129 Å². The number of para-hydroxylation sites is 1. The second kappa shape index (κ2) is 7.09. The first-order valence-electron chi connectivity index (χ1n) is 6.77. The Morgan fingerprint density at radius 2 is 1.86 bits per heavy atom. The van der Waals surface area contributed by atoms with Crippen LogP contribution in [0.3, 0.4) is 0 Å². The average molecular weight is 292 g/mol. The third-order valence-electron chi connectivity index (χ3n) is 3.11. The molecule has 4 heteroatoms. The molecule has 0 aliphatic carbocycles. The number of benzene rings is 2. The second-order valence-electron chi connectivity index (χ2n) is 4.73. The quantitative estimate of drug-likeness (QED) is 0.692. The summed E-state index contributed by atoms with van der Waals surface area (Å²) in [7, 11) is 1.55. The minimum atomic E-state index is -0.447. The zero-order chi connectivity index (χ0) is 15.9. The van der Waals surface area contributed by atoms with Crippen LogP contribution in [0, 0.1) is 18.3 Å². The molecule has 0 fully saturated rings. The molecule has 22 heavy (non-hydrogen) atoms. The maximum absolute atomic E-state index is 12.2. The van der Waals surface area contributed by atoms with Gasteiger partial charge in [0, 0.05) is 11.3 Å². The van der Waals surface area contributed by atoms with Gasteiger partial charge in [-0.05, 0) is 31.2 Å². The molecule has 0 aliphatic heterocycles. The molecule has 0 atom stereocenters. The third kappa shape index (κ3) is 3.74. The molecule has 0 radical (unpaired) electrons. The van der Waals surface area contributed by atoms with Crippen molar-refractivity contribution in [1.29, 1.82) is 5.26 Å². The van der Waals surface area contributed by atoms with Gasteiger partial charge in [-0.3, -0.25) is 4.79 Å². The molecule has 1 amide bonds. The number of nitrogens with one attached hydrogen (secondary N) is 1. The van der Waals surface area contributed by atoms with E-state index in [0.717, 1.165) is 5.56 Å². The van der Waals surface area contributed by atoms with Crippen molar-refractivity contribution in [3.63, 3.8) is 0 Å². The van der Waals surface area contributed by atoms with Gasteiger partial charge in [0.15, 0.2) is 0 Å². The zero-order valence-corrected chi connectivity index (χ0v) is 12.5. The van der Waals surface area contributed by atoms with Crippen LogP contribution in [0.15, 0.2) is 54.1 Å². The van der Waals surface area contributed by atoms with Crippen LogP contribution in [0.25, 0.3) is 6.08 Å². The lowest BCUT2D eigenvalue weighted by molar-refractivity contribution is -0.112. The Balaban J connectivity index is 2.24. The Morgan fingerprint density at radius 3 is 2.50 bits per heavy atom. The average Bonchev–Trinajstić information content (AvgIpc) is 2.55. The molecule has 1 N–H and O–H groups in total.